The molecule has 0 aliphatic heterocycles. The first kappa shape index (κ1) is 19.4. The zero-order chi connectivity index (χ0) is 19.2. The van der Waals surface area contributed by atoms with Crippen molar-refractivity contribution in [2.45, 2.75) is 4.90 Å². The summed E-state index contributed by atoms with van der Waals surface area (Å²) < 4.78 is 5.04. The van der Waals surface area contributed by atoms with E-state index in [1.54, 1.807) is 42.5 Å². The monoisotopic (exact) mass is 420 g/mol. The number of hydrogen-bond acceptors (Lipinski definition) is 4. The number of benzene rings is 2. The van der Waals surface area contributed by atoms with Crippen molar-refractivity contribution < 1.29 is 14.0 Å². The first-order valence-electron chi connectivity index (χ1n) is 7.84. The van der Waals surface area contributed by atoms with Crippen LogP contribution in [0.3, 0.4) is 0 Å². The Labute approximate surface area is 170 Å². The second kappa shape index (κ2) is 8.99. The van der Waals surface area contributed by atoms with Gasteiger partial charge in [0.15, 0.2) is 5.76 Å². The Morgan fingerprint density at radius 3 is 2.44 bits per heavy atom. The van der Waals surface area contributed by atoms with Gasteiger partial charge < -0.3 is 15.1 Å². The Balaban J connectivity index is 1.51. The van der Waals surface area contributed by atoms with E-state index in [-0.39, 0.29) is 23.3 Å². The zero-order valence-corrected chi connectivity index (χ0v) is 16.2. The molecule has 0 bridgehead atoms. The standard InChI is InChI=1S/C19H14Cl2N2O3S/c20-14-3-1-4-15(18(14)21)23-17(24)11-27-13-8-6-12(7-9-13)22-19(25)16-5-2-10-26-16/h1-10H,11H2,(H,22,25)(H,23,24). The molecule has 8 heteroatoms. The van der Waals surface area contributed by atoms with Crippen LogP contribution in [0.1, 0.15) is 10.6 Å². The Morgan fingerprint density at radius 1 is 0.963 bits per heavy atom. The lowest BCUT2D eigenvalue weighted by Gasteiger charge is -2.08. The van der Waals surface area contributed by atoms with Crippen LogP contribution in [0.2, 0.25) is 10.0 Å². The van der Waals surface area contributed by atoms with Crippen LogP contribution in [0.4, 0.5) is 11.4 Å². The minimum absolute atomic E-state index is 0.195. The minimum Gasteiger partial charge on any atom is -0.459 e. The summed E-state index contributed by atoms with van der Waals surface area (Å²) in [7, 11) is 0. The van der Waals surface area contributed by atoms with Crippen LogP contribution in [-0.2, 0) is 4.79 Å². The predicted octanol–water partition coefficient (Wildman–Crippen LogP) is 5.57. The predicted molar refractivity (Wildman–Crippen MR) is 109 cm³/mol. The van der Waals surface area contributed by atoms with Crippen molar-refractivity contribution in [1.82, 2.24) is 0 Å². The van der Waals surface area contributed by atoms with E-state index < -0.39 is 0 Å². The summed E-state index contributed by atoms with van der Waals surface area (Å²) in [5.74, 6) is -0.0663. The van der Waals surface area contributed by atoms with Gasteiger partial charge in [0.25, 0.3) is 5.91 Å². The average Bonchev–Trinajstić information content (AvgIpc) is 3.20. The van der Waals surface area contributed by atoms with Gasteiger partial charge in [-0.1, -0.05) is 29.3 Å². The van der Waals surface area contributed by atoms with Crippen molar-refractivity contribution in [2.24, 2.45) is 0 Å². The van der Waals surface area contributed by atoms with Crippen molar-refractivity contribution in [3.8, 4) is 0 Å². The van der Waals surface area contributed by atoms with E-state index in [4.69, 9.17) is 27.6 Å². The Bertz CT molecular complexity index is 944. The third-order valence-corrected chi connectivity index (χ3v) is 5.28. The maximum Gasteiger partial charge on any atom is 0.291 e. The Kier molecular flexibility index (Phi) is 6.45. The number of halogens is 2. The maximum atomic E-state index is 12.1. The highest BCUT2D eigenvalue weighted by Crippen LogP contribution is 2.30. The van der Waals surface area contributed by atoms with Crippen molar-refractivity contribution in [3.63, 3.8) is 0 Å². The lowest BCUT2D eigenvalue weighted by molar-refractivity contribution is -0.113. The number of rotatable bonds is 6. The molecule has 1 aromatic heterocycles. The number of furan rings is 1. The van der Waals surface area contributed by atoms with E-state index in [1.165, 1.54) is 18.0 Å². The van der Waals surface area contributed by atoms with E-state index in [0.717, 1.165) is 4.90 Å². The van der Waals surface area contributed by atoms with Crippen LogP contribution in [-0.4, -0.2) is 17.6 Å². The van der Waals surface area contributed by atoms with E-state index >= 15 is 0 Å². The third kappa shape index (κ3) is 5.29. The number of nitrogens with one attached hydrogen (secondary N) is 2. The normalized spacial score (nSPS) is 10.4. The van der Waals surface area contributed by atoms with Crippen LogP contribution < -0.4 is 10.6 Å². The fourth-order valence-corrected chi connectivity index (χ4v) is 3.22. The van der Waals surface area contributed by atoms with E-state index in [0.29, 0.717) is 21.4 Å². The number of amides is 2. The summed E-state index contributed by atoms with van der Waals surface area (Å²) in [6, 6.07) is 15.5. The second-order valence-corrected chi connectivity index (χ2v) is 7.23. The Hall–Kier alpha value is -2.41. The van der Waals surface area contributed by atoms with Crippen molar-refractivity contribution >= 4 is 58.2 Å². The molecule has 3 rings (SSSR count). The van der Waals surface area contributed by atoms with Crippen LogP contribution in [0, 0.1) is 0 Å². The molecule has 0 spiro atoms. The molecule has 0 saturated carbocycles. The summed E-state index contributed by atoms with van der Waals surface area (Å²) >= 11 is 13.3. The summed E-state index contributed by atoms with van der Waals surface area (Å²) in [5, 5.41) is 6.16. The number of carbonyl (C=O) groups is 2. The molecule has 0 unspecified atom stereocenters. The number of anilines is 2. The third-order valence-electron chi connectivity index (χ3n) is 3.45. The van der Waals surface area contributed by atoms with E-state index in [2.05, 4.69) is 10.6 Å². The smallest absolute Gasteiger partial charge is 0.291 e. The quantitative estimate of drug-likeness (QED) is 0.511. The van der Waals surface area contributed by atoms with Crippen molar-refractivity contribution in [1.29, 1.82) is 0 Å². The van der Waals surface area contributed by atoms with Gasteiger partial charge in [-0.2, -0.15) is 0 Å². The minimum atomic E-state index is -0.321. The van der Waals surface area contributed by atoms with Crippen molar-refractivity contribution in [2.75, 3.05) is 16.4 Å². The highest BCUT2D eigenvalue weighted by molar-refractivity contribution is 8.00. The maximum absolute atomic E-state index is 12.1. The summed E-state index contributed by atoms with van der Waals surface area (Å²) in [6.45, 7) is 0. The molecule has 3 aromatic rings. The number of hydrogen-bond donors (Lipinski definition) is 2. The van der Waals surface area contributed by atoms with Gasteiger partial charge in [-0.3, -0.25) is 9.59 Å². The first-order chi connectivity index (χ1) is 13.0. The first-order valence-corrected chi connectivity index (χ1v) is 9.58. The van der Waals surface area contributed by atoms with Crippen molar-refractivity contribution in [3.05, 3.63) is 76.7 Å². The fourth-order valence-electron chi connectivity index (χ4n) is 2.17. The SMILES string of the molecule is O=C(CSc1ccc(NC(=O)c2ccco2)cc1)Nc1cccc(Cl)c1Cl. The van der Waals surface area contributed by atoms with Gasteiger partial charge in [-0.15, -0.1) is 11.8 Å². The molecular formula is C19H14Cl2N2O3S. The fraction of sp³-hybridized carbons (Fsp3) is 0.0526. The molecule has 27 heavy (non-hydrogen) atoms. The molecular weight excluding hydrogens is 407 g/mol. The molecule has 0 atom stereocenters. The number of thioether (sulfide) groups is 1. The van der Waals surface area contributed by atoms with Gasteiger partial charge in [0.2, 0.25) is 5.91 Å². The topological polar surface area (TPSA) is 71.3 Å². The van der Waals surface area contributed by atoms with Gasteiger partial charge in [0, 0.05) is 10.6 Å². The van der Waals surface area contributed by atoms with Gasteiger partial charge in [-0.05, 0) is 48.5 Å². The van der Waals surface area contributed by atoms with Gasteiger partial charge >= 0.3 is 0 Å². The van der Waals surface area contributed by atoms with Gasteiger partial charge in [0.1, 0.15) is 0 Å². The molecule has 0 aliphatic carbocycles. The van der Waals surface area contributed by atoms with Crippen LogP contribution in [0.15, 0.2) is 70.2 Å². The molecule has 2 aromatic carbocycles. The molecule has 2 N–H and O–H groups in total. The highest BCUT2D eigenvalue weighted by atomic mass is 35.5. The zero-order valence-electron chi connectivity index (χ0n) is 13.9. The molecule has 5 nitrogen and oxygen atoms in total. The highest BCUT2D eigenvalue weighted by Gasteiger charge is 2.10. The van der Waals surface area contributed by atoms with Crippen LogP contribution in [0.5, 0.6) is 0 Å². The van der Waals surface area contributed by atoms with Crippen LogP contribution in [0.25, 0.3) is 0 Å². The molecule has 0 radical (unpaired) electrons. The molecule has 0 aliphatic rings. The lowest BCUT2D eigenvalue weighted by atomic mass is 10.3. The lowest BCUT2D eigenvalue weighted by Crippen LogP contribution is -2.14. The Morgan fingerprint density at radius 2 is 1.74 bits per heavy atom. The average molecular weight is 421 g/mol. The number of carbonyl (C=O) groups excluding carboxylic acids is 2. The van der Waals surface area contributed by atoms with Gasteiger partial charge in [-0.25, -0.2) is 0 Å². The molecule has 2 amide bonds. The van der Waals surface area contributed by atoms with Gasteiger partial charge in [0.05, 0.1) is 27.7 Å². The van der Waals surface area contributed by atoms with Crippen LogP contribution >= 0.6 is 35.0 Å². The molecule has 0 saturated heterocycles. The summed E-state index contributed by atoms with van der Waals surface area (Å²) in [4.78, 5) is 24.9. The molecule has 0 fully saturated rings. The largest absolute Gasteiger partial charge is 0.459 e. The summed E-state index contributed by atoms with van der Waals surface area (Å²) in [6.07, 6.45) is 1.44. The molecule has 138 valence electrons. The van der Waals surface area contributed by atoms with E-state index in [1.807, 2.05) is 12.1 Å². The second-order valence-electron chi connectivity index (χ2n) is 5.39. The van der Waals surface area contributed by atoms with E-state index in [9.17, 15) is 9.59 Å². The molecule has 1 heterocycles. The summed E-state index contributed by atoms with van der Waals surface area (Å²) in [5.41, 5.74) is 1.11.